The average Bonchev–Trinajstić information content (AvgIpc) is 2.74. The molecule has 1 heterocycles. The van der Waals surface area contributed by atoms with E-state index in [2.05, 4.69) is 5.43 Å². The first-order valence-electron chi connectivity index (χ1n) is 6.18. The molecule has 19 heavy (non-hydrogen) atoms. The Kier molecular flexibility index (Phi) is 4.97. The third-order valence-corrected chi connectivity index (χ3v) is 2.72. The van der Waals surface area contributed by atoms with Gasteiger partial charge >= 0.3 is 6.09 Å². The lowest BCUT2D eigenvalue weighted by atomic mass is 9.86. The summed E-state index contributed by atoms with van der Waals surface area (Å²) in [4.78, 5) is 22.6. The molecule has 0 aromatic carbocycles. The molecule has 0 fully saturated rings. The Bertz CT molecular complexity index is 421. The molecule has 0 aliphatic heterocycles. The van der Waals surface area contributed by atoms with E-state index in [1.807, 2.05) is 32.9 Å². The van der Waals surface area contributed by atoms with Gasteiger partial charge in [0.15, 0.2) is 0 Å². The van der Waals surface area contributed by atoms with E-state index in [1.54, 1.807) is 17.1 Å². The first-order valence-corrected chi connectivity index (χ1v) is 6.18. The summed E-state index contributed by atoms with van der Waals surface area (Å²) in [5.41, 5.74) is 7.47. The van der Waals surface area contributed by atoms with E-state index in [1.165, 1.54) is 0 Å². The number of carbonyl (C=O) groups excluding carboxylic acids is 2. The van der Waals surface area contributed by atoms with Crippen LogP contribution in [-0.4, -0.2) is 22.8 Å². The van der Waals surface area contributed by atoms with E-state index < -0.39 is 6.09 Å². The van der Waals surface area contributed by atoms with E-state index >= 15 is 0 Å². The van der Waals surface area contributed by atoms with Crippen LogP contribution in [0.25, 0.3) is 0 Å². The Morgan fingerprint density at radius 1 is 1.32 bits per heavy atom. The smallest absolute Gasteiger partial charge is 0.404 e. The highest BCUT2D eigenvalue weighted by Crippen LogP contribution is 2.25. The molecule has 2 amide bonds. The summed E-state index contributed by atoms with van der Waals surface area (Å²) < 4.78 is 6.63. The van der Waals surface area contributed by atoms with E-state index in [0.717, 1.165) is 0 Å². The molecule has 1 atom stereocenters. The van der Waals surface area contributed by atoms with Crippen LogP contribution in [0.15, 0.2) is 24.5 Å². The number of rotatable bonds is 5. The number of primary amides is 1. The molecule has 3 N–H and O–H groups in total. The number of hydrogen-bond donors (Lipinski definition) is 2. The minimum absolute atomic E-state index is 0.140. The van der Waals surface area contributed by atoms with Gasteiger partial charge in [0.2, 0.25) is 5.91 Å². The lowest BCUT2D eigenvalue weighted by molar-refractivity contribution is -0.118. The zero-order chi connectivity index (χ0) is 14.5. The zero-order valence-corrected chi connectivity index (χ0v) is 11.6. The summed E-state index contributed by atoms with van der Waals surface area (Å²) >= 11 is 0. The van der Waals surface area contributed by atoms with Gasteiger partial charge in [0.05, 0.1) is 0 Å². The lowest BCUT2D eigenvalue weighted by Crippen LogP contribution is -2.35. The van der Waals surface area contributed by atoms with Crippen LogP contribution in [0.5, 0.6) is 0 Å². The Balaban J connectivity index is 2.47. The predicted molar refractivity (Wildman–Crippen MR) is 71.9 cm³/mol. The van der Waals surface area contributed by atoms with Crippen molar-refractivity contribution >= 4 is 12.0 Å². The number of amides is 2. The fourth-order valence-corrected chi connectivity index (χ4v) is 1.68. The highest BCUT2D eigenvalue weighted by atomic mass is 16.6. The number of carbonyl (C=O) groups is 2. The zero-order valence-electron chi connectivity index (χ0n) is 11.6. The van der Waals surface area contributed by atoms with E-state index in [0.29, 0.717) is 6.42 Å². The maximum absolute atomic E-state index is 11.7. The molecule has 106 valence electrons. The molecule has 0 aliphatic carbocycles. The maximum atomic E-state index is 11.7. The molecular formula is C13H21N3O3. The van der Waals surface area contributed by atoms with Crippen LogP contribution >= 0.6 is 0 Å². The topological polar surface area (TPSA) is 86.3 Å². The maximum Gasteiger partial charge on any atom is 0.404 e. The second-order valence-electron chi connectivity index (χ2n) is 5.46. The Labute approximate surface area is 112 Å². The average molecular weight is 267 g/mol. The molecule has 0 radical (unpaired) electrons. The molecular weight excluding hydrogens is 246 g/mol. The second-order valence-corrected chi connectivity index (χ2v) is 5.46. The monoisotopic (exact) mass is 267 g/mol. The Hall–Kier alpha value is -1.98. The third-order valence-electron chi connectivity index (χ3n) is 2.72. The van der Waals surface area contributed by atoms with Crippen molar-refractivity contribution in [2.24, 2.45) is 11.1 Å². The van der Waals surface area contributed by atoms with Crippen molar-refractivity contribution in [1.82, 2.24) is 4.68 Å². The van der Waals surface area contributed by atoms with Crippen LogP contribution in [0.1, 0.15) is 33.6 Å². The predicted octanol–water partition coefficient (Wildman–Crippen LogP) is 1.85. The van der Waals surface area contributed by atoms with Crippen LogP contribution < -0.4 is 11.2 Å². The largest absolute Gasteiger partial charge is 0.446 e. The van der Waals surface area contributed by atoms with E-state index in [9.17, 15) is 9.59 Å². The molecule has 6 heteroatoms. The van der Waals surface area contributed by atoms with Crippen molar-refractivity contribution in [3.63, 3.8) is 0 Å². The van der Waals surface area contributed by atoms with Gasteiger partial charge in [-0.2, -0.15) is 0 Å². The van der Waals surface area contributed by atoms with Gasteiger partial charge in [-0.15, -0.1) is 0 Å². The van der Waals surface area contributed by atoms with E-state index in [4.69, 9.17) is 10.5 Å². The second kappa shape index (κ2) is 6.26. The summed E-state index contributed by atoms with van der Waals surface area (Å²) in [6, 6.07) is 3.63. The summed E-state index contributed by atoms with van der Waals surface area (Å²) in [5.74, 6) is -0.140. The van der Waals surface area contributed by atoms with Crippen molar-refractivity contribution in [2.75, 3.05) is 5.43 Å². The van der Waals surface area contributed by atoms with Crippen LogP contribution in [-0.2, 0) is 9.53 Å². The molecule has 1 unspecified atom stereocenters. The number of nitrogens with zero attached hydrogens (tertiary/aromatic N) is 1. The van der Waals surface area contributed by atoms with Gasteiger partial charge < -0.3 is 10.5 Å². The molecule has 0 saturated carbocycles. The van der Waals surface area contributed by atoms with Crippen LogP contribution in [0.3, 0.4) is 0 Å². The van der Waals surface area contributed by atoms with Gasteiger partial charge in [-0.3, -0.25) is 14.9 Å². The SMILES string of the molecule is CC(C)(C)C(CCC(=O)Nn1cccc1)OC(N)=O. The Morgan fingerprint density at radius 3 is 2.37 bits per heavy atom. The standard InChI is InChI=1S/C13H21N3O3/c1-13(2,3)10(19-12(14)18)6-7-11(17)15-16-8-4-5-9-16/h4-5,8-10H,6-7H2,1-3H3,(H2,14,18)(H,15,17). The van der Waals surface area contributed by atoms with Crippen LogP contribution in [0, 0.1) is 5.41 Å². The summed E-state index contributed by atoms with van der Waals surface area (Å²) in [6.07, 6.45) is 2.96. The minimum Gasteiger partial charge on any atom is -0.446 e. The minimum atomic E-state index is -0.814. The normalized spacial score (nSPS) is 12.8. The van der Waals surface area contributed by atoms with E-state index in [-0.39, 0.29) is 23.8 Å². The molecule has 1 rings (SSSR count). The van der Waals surface area contributed by atoms with Gasteiger partial charge in [0.25, 0.3) is 0 Å². The molecule has 0 bridgehead atoms. The summed E-state index contributed by atoms with van der Waals surface area (Å²) in [7, 11) is 0. The quantitative estimate of drug-likeness (QED) is 0.853. The first-order chi connectivity index (χ1) is 8.79. The highest BCUT2D eigenvalue weighted by Gasteiger charge is 2.28. The number of ether oxygens (including phenoxy) is 1. The molecule has 6 nitrogen and oxygen atoms in total. The summed E-state index contributed by atoms with van der Waals surface area (Å²) in [5, 5.41) is 0. The van der Waals surface area contributed by atoms with Crippen molar-refractivity contribution in [1.29, 1.82) is 0 Å². The molecule has 1 aromatic rings. The number of aromatic nitrogens is 1. The van der Waals surface area contributed by atoms with Crippen LogP contribution in [0.4, 0.5) is 4.79 Å². The third kappa shape index (κ3) is 5.46. The van der Waals surface area contributed by atoms with Crippen molar-refractivity contribution in [3.05, 3.63) is 24.5 Å². The van der Waals surface area contributed by atoms with Crippen molar-refractivity contribution in [3.8, 4) is 0 Å². The number of hydrogen-bond acceptors (Lipinski definition) is 3. The molecule has 1 aromatic heterocycles. The molecule has 0 saturated heterocycles. The lowest BCUT2D eigenvalue weighted by Gasteiger charge is -2.29. The molecule has 0 spiro atoms. The van der Waals surface area contributed by atoms with Gasteiger partial charge in [-0.1, -0.05) is 20.8 Å². The van der Waals surface area contributed by atoms with Gasteiger partial charge in [0.1, 0.15) is 6.10 Å². The molecule has 0 aliphatic rings. The highest BCUT2D eigenvalue weighted by molar-refractivity contribution is 5.83. The Morgan fingerprint density at radius 2 is 1.89 bits per heavy atom. The number of nitrogens with one attached hydrogen (secondary N) is 1. The fourth-order valence-electron chi connectivity index (χ4n) is 1.68. The van der Waals surface area contributed by atoms with Crippen molar-refractivity contribution < 1.29 is 14.3 Å². The van der Waals surface area contributed by atoms with Crippen molar-refractivity contribution in [2.45, 2.75) is 39.7 Å². The van der Waals surface area contributed by atoms with Crippen LogP contribution in [0.2, 0.25) is 0 Å². The first kappa shape index (κ1) is 15.1. The van der Waals surface area contributed by atoms with Gasteiger partial charge in [-0.05, 0) is 24.0 Å². The van der Waals surface area contributed by atoms with Gasteiger partial charge in [-0.25, -0.2) is 4.79 Å². The van der Waals surface area contributed by atoms with Gasteiger partial charge in [0, 0.05) is 18.8 Å². The fraction of sp³-hybridized carbons (Fsp3) is 0.538. The summed E-state index contributed by atoms with van der Waals surface area (Å²) in [6.45, 7) is 5.80. The number of nitrogens with two attached hydrogens (primary N) is 1.